The van der Waals surface area contributed by atoms with E-state index in [1.807, 2.05) is 6.08 Å². The second-order valence-electron chi connectivity index (χ2n) is 4.78. The summed E-state index contributed by atoms with van der Waals surface area (Å²) in [6, 6.07) is 3.93. The van der Waals surface area contributed by atoms with Crippen molar-refractivity contribution in [2.75, 3.05) is 0 Å². The third kappa shape index (κ3) is 2.75. The molecular weight excluding hydrogens is 239 g/mol. The fourth-order valence-electron chi connectivity index (χ4n) is 2.38. The lowest BCUT2D eigenvalue weighted by Gasteiger charge is -2.20. The zero-order chi connectivity index (χ0) is 13.3. The first-order valence-corrected chi connectivity index (χ1v) is 6.02. The molecule has 0 radical (unpaired) electrons. The summed E-state index contributed by atoms with van der Waals surface area (Å²) in [5.74, 6) is 0. The molecule has 0 fully saturated rings. The van der Waals surface area contributed by atoms with Crippen LogP contribution in [0.1, 0.15) is 36.0 Å². The molecule has 0 spiro atoms. The first-order valence-electron chi connectivity index (χ1n) is 6.02. The molecule has 1 aliphatic carbocycles. The number of benzene rings is 1. The molecule has 2 rings (SSSR count). The number of halogens is 3. The normalized spacial score (nSPS) is 20.7. The van der Waals surface area contributed by atoms with E-state index in [4.69, 9.17) is 5.73 Å². The first-order chi connectivity index (χ1) is 8.38. The number of nitrogens with two attached hydrogens (primary N) is 1. The lowest BCUT2D eigenvalue weighted by atomic mass is 9.88. The third-order valence-electron chi connectivity index (χ3n) is 3.30. The van der Waals surface area contributed by atoms with Gasteiger partial charge in [0.2, 0.25) is 0 Å². The van der Waals surface area contributed by atoms with E-state index in [9.17, 15) is 13.2 Å². The van der Waals surface area contributed by atoms with Gasteiger partial charge in [0.15, 0.2) is 0 Å². The van der Waals surface area contributed by atoms with Gasteiger partial charge >= 0.3 is 6.18 Å². The van der Waals surface area contributed by atoms with Crippen LogP contribution in [0.2, 0.25) is 0 Å². The van der Waals surface area contributed by atoms with Crippen LogP contribution in [0.15, 0.2) is 24.3 Å². The maximum absolute atomic E-state index is 12.6. The number of aryl methyl sites for hydroxylation is 1. The molecule has 1 unspecified atom stereocenters. The Hall–Kier alpha value is -1.29. The average Bonchev–Trinajstić information content (AvgIpc) is 2.27. The minimum atomic E-state index is -4.28. The molecule has 0 heterocycles. The van der Waals surface area contributed by atoms with Crippen LogP contribution in [0.3, 0.4) is 0 Å². The molecule has 0 amide bonds. The Balaban J connectivity index is 2.36. The maximum Gasteiger partial charge on any atom is 0.416 e. The van der Waals surface area contributed by atoms with Crippen molar-refractivity contribution >= 4 is 5.57 Å². The molecule has 0 aliphatic heterocycles. The van der Waals surface area contributed by atoms with E-state index in [1.54, 1.807) is 13.0 Å². The molecule has 1 aliphatic rings. The van der Waals surface area contributed by atoms with Crippen LogP contribution in [0.4, 0.5) is 13.2 Å². The Kier molecular flexibility index (Phi) is 3.48. The monoisotopic (exact) mass is 255 g/mol. The minimum absolute atomic E-state index is 0.0236. The van der Waals surface area contributed by atoms with Crippen LogP contribution in [0.5, 0.6) is 0 Å². The van der Waals surface area contributed by atoms with E-state index < -0.39 is 11.7 Å². The number of alkyl halides is 3. The van der Waals surface area contributed by atoms with Crippen LogP contribution in [0.25, 0.3) is 5.57 Å². The molecule has 98 valence electrons. The summed E-state index contributed by atoms with van der Waals surface area (Å²) in [6.45, 7) is 1.71. The van der Waals surface area contributed by atoms with Crippen LogP contribution in [-0.4, -0.2) is 6.04 Å². The molecule has 1 atom stereocenters. The molecule has 1 aromatic carbocycles. The second kappa shape index (κ2) is 4.76. The molecule has 0 aromatic heterocycles. The highest BCUT2D eigenvalue weighted by Gasteiger charge is 2.30. The van der Waals surface area contributed by atoms with E-state index in [0.717, 1.165) is 36.5 Å². The van der Waals surface area contributed by atoms with Gasteiger partial charge in [0.05, 0.1) is 5.56 Å². The summed E-state index contributed by atoms with van der Waals surface area (Å²) in [4.78, 5) is 0. The quantitative estimate of drug-likeness (QED) is 0.809. The Labute approximate surface area is 104 Å². The van der Waals surface area contributed by atoms with Crippen LogP contribution >= 0.6 is 0 Å². The van der Waals surface area contributed by atoms with Crippen molar-refractivity contribution in [2.45, 2.75) is 38.4 Å². The zero-order valence-electron chi connectivity index (χ0n) is 10.2. The SMILES string of the molecule is Cc1cc(C(F)(F)F)ccc1C1=CC(N)CCC1. The third-order valence-corrected chi connectivity index (χ3v) is 3.30. The summed E-state index contributed by atoms with van der Waals surface area (Å²) in [5, 5.41) is 0. The van der Waals surface area contributed by atoms with Gasteiger partial charge in [0.25, 0.3) is 0 Å². The average molecular weight is 255 g/mol. The fourth-order valence-corrected chi connectivity index (χ4v) is 2.38. The van der Waals surface area contributed by atoms with E-state index >= 15 is 0 Å². The van der Waals surface area contributed by atoms with Crippen LogP contribution in [0, 0.1) is 6.92 Å². The Morgan fingerprint density at radius 3 is 2.56 bits per heavy atom. The number of rotatable bonds is 1. The fraction of sp³-hybridized carbons (Fsp3) is 0.429. The highest BCUT2D eigenvalue weighted by molar-refractivity contribution is 5.69. The van der Waals surface area contributed by atoms with Crippen molar-refractivity contribution in [1.82, 2.24) is 0 Å². The van der Waals surface area contributed by atoms with Gasteiger partial charge in [-0.05, 0) is 55.0 Å². The standard InChI is InChI=1S/C14H16F3N/c1-9-7-11(14(15,16)17)5-6-13(9)10-3-2-4-12(18)8-10/h5-8,12H,2-4,18H2,1H3. The van der Waals surface area contributed by atoms with E-state index in [-0.39, 0.29) is 6.04 Å². The van der Waals surface area contributed by atoms with E-state index in [2.05, 4.69) is 0 Å². The topological polar surface area (TPSA) is 26.0 Å². The van der Waals surface area contributed by atoms with Gasteiger partial charge in [-0.15, -0.1) is 0 Å². The molecule has 1 aromatic rings. The molecule has 0 saturated heterocycles. The molecule has 18 heavy (non-hydrogen) atoms. The summed E-state index contributed by atoms with van der Waals surface area (Å²) in [6.07, 6.45) is 0.524. The molecule has 0 bridgehead atoms. The largest absolute Gasteiger partial charge is 0.416 e. The molecule has 1 nitrogen and oxygen atoms in total. The number of hydrogen-bond donors (Lipinski definition) is 1. The summed E-state index contributed by atoms with van der Waals surface area (Å²) < 4.78 is 37.7. The smallest absolute Gasteiger partial charge is 0.324 e. The van der Waals surface area contributed by atoms with Gasteiger partial charge in [-0.2, -0.15) is 13.2 Å². The van der Waals surface area contributed by atoms with E-state index in [0.29, 0.717) is 5.56 Å². The van der Waals surface area contributed by atoms with Gasteiger partial charge < -0.3 is 5.73 Å². The van der Waals surface area contributed by atoms with Crippen LogP contribution in [-0.2, 0) is 6.18 Å². The summed E-state index contributed by atoms with van der Waals surface area (Å²) in [7, 11) is 0. The second-order valence-corrected chi connectivity index (χ2v) is 4.78. The predicted octanol–water partition coefficient (Wildman–Crippen LogP) is 3.91. The van der Waals surface area contributed by atoms with Crippen molar-refractivity contribution in [3.05, 3.63) is 41.0 Å². The zero-order valence-corrected chi connectivity index (χ0v) is 10.2. The van der Waals surface area contributed by atoms with Crippen LogP contribution < -0.4 is 5.73 Å². The lowest BCUT2D eigenvalue weighted by molar-refractivity contribution is -0.137. The number of allylic oxidation sites excluding steroid dienone is 1. The van der Waals surface area contributed by atoms with Gasteiger partial charge in [-0.25, -0.2) is 0 Å². The van der Waals surface area contributed by atoms with Crippen molar-refractivity contribution in [3.8, 4) is 0 Å². The molecular formula is C14H16F3N. The molecule has 0 saturated carbocycles. The Morgan fingerprint density at radius 2 is 2.00 bits per heavy atom. The summed E-state index contributed by atoms with van der Waals surface area (Å²) in [5.41, 5.74) is 7.88. The van der Waals surface area contributed by atoms with Crippen molar-refractivity contribution < 1.29 is 13.2 Å². The minimum Gasteiger partial charge on any atom is -0.324 e. The maximum atomic E-state index is 12.6. The number of hydrogen-bond acceptors (Lipinski definition) is 1. The van der Waals surface area contributed by atoms with Crippen molar-refractivity contribution in [1.29, 1.82) is 0 Å². The van der Waals surface area contributed by atoms with Gasteiger partial charge in [0, 0.05) is 6.04 Å². The van der Waals surface area contributed by atoms with Crippen molar-refractivity contribution in [3.63, 3.8) is 0 Å². The lowest BCUT2D eigenvalue weighted by Crippen LogP contribution is -2.20. The summed E-state index contributed by atoms with van der Waals surface area (Å²) >= 11 is 0. The van der Waals surface area contributed by atoms with Gasteiger partial charge in [-0.1, -0.05) is 12.1 Å². The Morgan fingerprint density at radius 1 is 1.28 bits per heavy atom. The highest BCUT2D eigenvalue weighted by Crippen LogP contribution is 2.34. The van der Waals surface area contributed by atoms with Gasteiger partial charge in [0.1, 0.15) is 0 Å². The highest BCUT2D eigenvalue weighted by atomic mass is 19.4. The van der Waals surface area contributed by atoms with Gasteiger partial charge in [-0.3, -0.25) is 0 Å². The first kappa shape index (κ1) is 13.1. The predicted molar refractivity (Wildman–Crippen MR) is 66.0 cm³/mol. The van der Waals surface area contributed by atoms with Crippen molar-refractivity contribution in [2.24, 2.45) is 5.73 Å². The van der Waals surface area contributed by atoms with E-state index in [1.165, 1.54) is 6.07 Å². The molecule has 4 heteroatoms. The molecule has 2 N–H and O–H groups in total. The Bertz CT molecular complexity index is 474.